The second-order valence-electron chi connectivity index (χ2n) is 6.94. The van der Waals surface area contributed by atoms with E-state index in [9.17, 15) is 5.26 Å². The number of hydrogen-bond donors (Lipinski definition) is 0. The lowest BCUT2D eigenvalue weighted by atomic mass is 9.73. The molecule has 1 fully saturated rings. The Balaban J connectivity index is 1.93. The predicted molar refractivity (Wildman–Crippen MR) is 108 cm³/mol. The number of piperidine rings is 1. The molecule has 0 saturated carbocycles. The number of nitrogens with zero attached hydrogens (tertiary/aromatic N) is 4. The zero-order chi connectivity index (χ0) is 18.4. The van der Waals surface area contributed by atoms with Crippen molar-refractivity contribution >= 4 is 18.6 Å². The number of unbranched alkanes of at least 4 members (excludes halogenated alkanes) is 1. The average molecular weight is 345 g/mol. The van der Waals surface area contributed by atoms with Crippen LogP contribution in [0.1, 0.15) is 38.3 Å². The minimum absolute atomic E-state index is 0.172. The molecule has 0 bridgehead atoms. The lowest BCUT2D eigenvalue weighted by Crippen LogP contribution is -2.34. The van der Waals surface area contributed by atoms with Gasteiger partial charge in [0.1, 0.15) is 13.0 Å². The molecule has 0 spiro atoms. The van der Waals surface area contributed by atoms with Crippen LogP contribution in [0.4, 0.5) is 5.82 Å². The van der Waals surface area contributed by atoms with Crippen LogP contribution in [0.5, 0.6) is 0 Å². The molecule has 1 aromatic carbocycles. The zero-order valence-electron chi connectivity index (χ0n) is 15.8. The first-order valence-electron chi connectivity index (χ1n) is 9.65. The van der Waals surface area contributed by atoms with E-state index in [-0.39, 0.29) is 5.92 Å². The van der Waals surface area contributed by atoms with E-state index in [1.54, 1.807) is 0 Å². The molecule has 4 nitrogen and oxygen atoms in total. The molecule has 2 heterocycles. The number of hydrogen-bond acceptors (Lipinski definition) is 4. The Morgan fingerprint density at radius 3 is 2.58 bits per heavy atom. The van der Waals surface area contributed by atoms with Gasteiger partial charge in [0.2, 0.25) is 0 Å². The fourth-order valence-electron chi connectivity index (χ4n) is 3.37. The van der Waals surface area contributed by atoms with Crippen LogP contribution in [-0.2, 0) is 6.42 Å². The Hall–Kier alpha value is -2.35. The number of anilines is 1. The third-order valence-electron chi connectivity index (χ3n) is 5.08. The molecule has 0 unspecified atom stereocenters. The highest BCUT2D eigenvalue weighted by atomic mass is 15.2. The Labute approximate surface area is 157 Å². The van der Waals surface area contributed by atoms with Crippen molar-refractivity contribution in [3.05, 3.63) is 36.2 Å². The molecule has 2 aromatic rings. The first-order chi connectivity index (χ1) is 12.7. The van der Waals surface area contributed by atoms with Crippen LogP contribution in [0.3, 0.4) is 0 Å². The molecule has 0 amide bonds. The van der Waals surface area contributed by atoms with Gasteiger partial charge in [-0.3, -0.25) is 4.98 Å². The van der Waals surface area contributed by atoms with Gasteiger partial charge in [0, 0.05) is 30.8 Å². The van der Waals surface area contributed by atoms with Crippen LogP contribution in [0.25, 0.3) is 11.3 Å². The van der Waals surface area contributed by atoms with E-state index in [1.807, 2.05) is 13.0 Å². The van der Waals surface area contributed by atoms with Crippen LogP contribution in [0.2, 0.25) is 6.82 Å². The summed E-state index contributed by atoms with van der Waals surface area (Å²) in [7, 11) is 2.09. The lowest BCUT2D eigenvalue weighted by molar-refractivity contribution is 0.484. The van der Waals surface area contributed by atoms with Crippen molar-refractivity contribution in [2.24, 2.45) is 5.92 Å². The van der Waals surface area contributed by atoms with Crippen molar-refractivity contribution in [1.29, 1.82) is 5.26 Å². The molecule has 1 aliphatic rings. The molecule has 0 atom stereocenters. The molecule has 1 saturated heterocycles. The highest BCUT2D eigenvalue weighted by Gasteiger charge is 2.23. The second kappa shape index (κ2) is 8.85. The highest BCUT2D eigenvalue weighted by Crippen LogP contribution is 2.30. The second-order valence-corrected chi connectivity index (χ2v) is 6.94. The van der Waals surface area contributed by atoms with Crippen LogP contribution in [0.15, 0.2) is 30.5 Å². The van der Waals surface area contributed by atoms with Crippen molar-refractivity contribution in [3.63, 3.8) is 0 Å². The van der Waals surface area contributed by atoms with Crippen molar-refractivity contribution in [2.45, 2.75) is 45.9 Å². The summed E-state index contributed by atoms with van der Waals surface area (Å²) in [6.07, 6.45) is 6.99. The SMILES string of the molecule is C[B]c1ccc(-c2ncc(CCCC)nc2N2CCC(C#N)CC2)cc1. The Morgan fingerprint density at radius 1 is 1.23 bits per heavy atom. The maximum Gasteiger partial charge on any atom is 0.155 e. The number of nitriles is 1. The number of aryl methyl sites for hydroxylation is 1. The topological polar surface area (TPSA) is 52.8 Å². The van der Waals surface area contributed by atoms with E-state index in [2.05, 4.69) is 49.4 Å². The number of aromatic nitrogens is 2. The summed E-state index contributed by atoms with van der Waals surface area (Å²) in [5, 5.41) is 9.17. The first kappa shape index (κ1) is 18.4. The van der Waals surface area contributed by atoms with E-state index in [0.717, 1.165) is 68.0 Å². The predicted octanol–water partition coefficient (Wildman–Crippen LogP) is 3.60. The summed E-state index contributed by atoms with van der Waals surface area (Å²) >= 11 is 0. The van der Waals surface area contributed by atoms with Crippen molar-refractivity contribution in [2.75, 3.05) is 18.0 Å². The summed E-state index contributed by atoms with van der Waals surface area (Å²) in [6.45, 7) is 5.99. The number of rotatable bonds is 6. The van der Waals surface area contributed by atoms with Gasteiger partial charge in [0.05, 0.1) is 11.8 Å². The monoisotopic (exact) mass is 345 g/mol. The van der Waals surface area contributed by atoms with Gasteiger partial charge in [0.25, 0.3) is 0 Å². The molecule has 1 aromatic heterocycles. The third kappa shape index (κ3) is 4.24. The van der Waals surface area contributed by atoms with Crippen LogP contribution < -0.4 is 10.4 Å². The molecule has 26 heavy (non-hydrogen) atoms. The van der Waals surface area contributed by atoms with Gasteiger partial charge in [-0.05, 0) is 25.7 Å². The average Bonchev–Trinajstić information content (AvgIpc) is 2.72. The standard InChI is InChI=1S/C21H26BN4/c1-3-4-5-19-15-24-20(17-6-8-18(22-2)9-7-17)21(25-19)26-12-10-16(14-23)11-13-26/h6-9,15-16H,3-5,10-13H2,1-2H3. The van der Waals surface area contributed by atoms with E-state index in [1.165, 1.54) is 5.46 Å². The van der Waals surface area contributed by atoms with Gasteiger partial charge in [-0.15, -0.1) is 0 Å². The molecular weight excluding hydrogens is 319 g/mol. The van der Waals surface area contributed by atoms with Crippen molar-refractivity contribution in [3.8, 4) is 17.3 Å². The molecular formula is C21H26BN4. The van der Waals surface area contributed by atoms with Crippen molar-refractivity contribution in [1.82, 2.24) is 9.97 Å². The summed E-state index contributed by atoms with van der Waals surface area (Å²) in [5.41, 5.74) is 4.31. The van der Waals surface area contributed by atoms with Gasteiger partial charge in [-0.25, -0.2) is 4.98 Å². The van der Waals surface area contributed by atoms with Gasteiger partial charge >= 0.3 is 0 Å². The fourth-order valence-corrected chi connectivity index (χ4v) is 3.37. The molecule has 0 aliphatic carbocycles. The molecule has 5 heteroatoms. The maximum absolute atomic E-state index is 9.17. The lowest BCUT2D eigenvalue weighted by Gasteiger charge is -2.31. The summed E-state index contributed by atoms with van der Waals surface area (Å²) < 4.78 is 0. The molecule has 1 aliphatic heterocycles. The minimum Gasteiger partial charge on any atom is -0.355 e. The number of benzene rings is 1. The Kier molecular flexibility index (Phi) is 6.28. The normalized spacial score (nSPS) is 14.9. The van der Waals surface area contributed by atoms with Crippen molar-refractivity contribution < 1.29 is 0 Å². The minimum atomic E-state index is 0.172. The van der Waals surface area contributed by atoms with Crippen LogP contribution in [0, 0.1) is 17.2 Å². The molecule has 0 N–H and O–H groups in total. The molecule has 3 rings (SSSR count). The smallest absolute Gasteiger partial charge is 0.155 e. The maximum atomic E-state index is 9.17. The summed E-state index contributed by atoms with van der Waals surface area (Å²) in [6, 6.07) is 10.9. The van der Waals surface area contributed by atoms with Gasteiger partial charge < -0.3 is 4.90 Å². The largest absolute Gasteiger partial charge is 0.355 e. The first-order valence-corrected chi connectivity index (χ1v) is 9.65. The summed E-state index contributed by atoms with van der Waals surface area (Å²) in [4.78, 5) is 12.1. The van der Waals surface area contributed by atoms with E-state index in [0.29, 0.717) is 0 Å². The van der Waals surface area contributed by atoms with E-state index >= 15 is 0 Å². The Bertz CT molecular complexity index is 759. The molecule has 1 radical (unpaired) electrons. The van der Waals surface area contributed by atoms with Crippen LogP contribution in [-0.4, -0.2) is 30.3 Å². The van der Waals surface area contributed by atoms with Gasteiger partial charge in [0.15, 0.2) is 5.82 Å². The van der Waals surface area contributed by atoms with E-state index < -0.39 is 0 Å². The quantitative estimate of drug-likeness (QED) is 0.751. The van der Waals surface area contributed by atoms with Gasteiger partial charge in [-0.2, -0.15) is 5.26 Å². The molecule has 133 valence electrons. The fraction of sp³-hybridized carbons (Fsp3) is 0.476. The van der Waals surface area contributed by atoms with Crippen LogP contribution >= 0.6 is 0 Å². The zero-order valence-corrected chi connectivity index (χ0v) is 15.8. The third-order valence-corrected chi connectivity index (χ3v) is 5.08. The Morgan fingerprint density at radius 2 is 1.96 bits per heavy atom. The van der Waals surface area contributed by atoms with Gasteiger partial charge in [-0.1, -0.05) is 49.9 Å². The highest BCUT2D eigenvalue weighted by molar-refractivity contribution is 6.51. The van der Waals surface area contributed by atoms with E-state index in [4.69, 9.17) is 9.97 Å². The summed E-state index contributed by atoms with van der Waals surface area (Å²) in [5.74, 6) is 1.15.